The second-order valence-electron chi connectivity index (χ2n) is 7.27. The number of aryl methyl sites for hydroxylation is 1. The van der Waals surface area contributed by atoms with Crippen LogP contribution in [0.5, 0.6) is 0 Å². The van der Waals surface area contributed by atoms with E-state index in [1.807, 2.05) is 41.0 Å². The third-order valence-corrected chi connectivity index (χ3v) is 5.36. The van der Waals surface area contributed by atoms with Crippen LogP contribution in [0.25, 0.3) is 11.1 Å². The zero-order valence-corrected chi connectivity index (χ0v) is 15.8. The van der Waals surface area contributed by atoms with E-state index in [-0.39, 0.29) is 0 Å². The van der Waals surface area contributed by atoms with Crippen LogP contribution >= 0.6 is 0 Å². The quantitative estimate of drug-likeness (QED) is 0.630. The van der Waals surface area contributed by atoms with Crippen LogP contribution in [0.2, 0.25) is 0 Å². The topological polar surface area (TPSA) is 40.6 Å². The second-order valence-corrected chi connectivity index (χ2v) is 7.27. The van der Waals surface area contributed by atoms with Crippen molar-refractivity contribution in [2.75, 3.05) is 36.0 Å². The summed E-state index contributed by atoms with van der Waals surface area (Å²) in [6.07, 6.45) is -4.38. The van der Waals surface area contributed by atoms with Crippen molar-refractivity contribution in [3.63, 3.8) is 0 Å². The minimum atomic E-state index is -4.38. The molecule has 0 spiro atoms. The van der Waals surface area contributed by atoms with Crippen molar-refractivity contribution in [2.24, 2.45) is 0 Å². The number of anilines is 2. The van der Waals surface area contributed by atoms with Gasteiger partial charge >= 0.3 is 6.18 Å². The van der Waals surface area contributed by atoms with Gasteiger partial charge in [-0.3, -0.25) is 9.59 Å². The molecule has 0 saturated carbocycles. The van der Waals surface area contributed by atoms with Crippen LogP contribution in [0.4, 0.5) is 24.5 Å². The van der Waals surface area contributed by atoms with Crippen LogP contribution in [0.3, 0.4) is 0 Å². The van der Waals surface area contributed by atoms with E-state index in [1.54, 1.807) is 6.07 Å². The van der Waals surface area contributed by atoms with Crippen LogP contribution in [0.15, 0.2) is 58.1 Å². The fraction of sp³-hybridized carbons (Fsp3) is 0.273. The summed E-state index contributed by atoms with van der Waals surface area (Å²) in [5.41, 5.74) is 1.48. The highest BCUT2D eigenvalue weighted by Gasteiger charge is 2.32. The van der Waals surface area contributed by atoms with Crippen LogP contribution in [0, 0.1) is 6.92 Å². The van der Waals surface area contributed by atoms with E-state index in [0.717, 1.165) is 23.3 Å². The maximum absolute atomic E-state index is 13.0. The van der Waals surface area contributed by atoms with E-state index in [4.69, 9.17) is 0 Å². The van der Waals surface area contributed by atoms with Gasteiger partial charge in [0, 0.05) is 31.9 Å². The normalized spacial score (nSPS) is 15.2. The molecule has 0 unspecified atom stereocenters. The van der Waals surface area contributed by atoms with Crippen molar-refractivity contribution in [1.29, 1.82) is 0 Å². The number of halogens is 3. The molecule has 3 aromatic carbocycles. The molecule has 1 saturated heterocycles. The highest BCUT2D eigenvalue weighted by Crippen LogP contribution is 2.33. The highest BCUT2D eigenvalue weighted by molar-refractivity contribution is 5.83. The predicted molar refractivity (Wildman–Crippen MR) is 107 cm³/mol. The average Bonchev–Trinajstić information content (AvgIpc) is 2.72. The van der Waals surface area contributed by atoms with E-state index in [1.165, 1.54) is 6.07 Å². The smallest absolute Gasteiger partial charge is 0.368 e. The molecule has 0 aliphatic carbocycles. The molecule has 150 valence electrons. The van der Waals surface area contributed by atoms with Crippen LogP contribution < -0.4 is 20.7 Å². The molecule has 4 rings (SSSR count). The number of hydrogen-bond acceptors (Lipinski definition) is 4. The van der Waals surface area contributed by atoms with Gasteiger partial charge in [-0.1, -0.05) is 35.9 Å². The minimum Gasteiger partial charge on any atom is -0.368 e. The Morgan fingerprint density at radius 2 is 1.45 bits per heavy atom. The maximum Gasteiger partial charge on any atom is 0.416 e. The lowest BCUT2D eigenvalue weighted by molar-refractivity contribution is -0.137. The third kappa shape index (κ3) is 3.52. The van der Waals surface area contributed by atoms with Gasteiger partial charge in [0.15, 0.2) is 0 Å². The molecule has 4 nitrogen and oxygen atoms in total. The molecule has 1 aliphatic rings. The molecule has 3 aromatic rings. The van der Waals surface area contributed by atoms with Crippen molar-refractivity contribution >= 4 is 11.4 Å². The Kier molecular flexibility index (Phi) is 4.68. The van der Waals surface area contributed by atoms with Crippen LogP contribution in [-0.2, 0) is 6.18 Å². The Balaban J connectivity index is 1.53. The molecule has 0 radical (unpaired) electrons. The number of rotatable bonds is 3. The Labute approximate surface area is 165 Å². The second kappa shape index (κ2) is 7.06. The molecule has 1 aliphatic heterocycles. The summed E-state index contributed by atoms with van der Waals surface area (Å²) in [6, 6.07) is 12.7. The first kappa shape index (κ1) is 19.2. The fourth-order valence-electron chi connectivity index (χ4n) is 3.74. The Morgan fingerprint density at radius 1 is 0.828 bits per heavy atom. The van der Waals surface area contributed by atoms with Gasteiger partial charge in [0.1, 0.15) is 5.69 Å². The summed E-state index contributed by atoms with van der Waals surface area (Å²) in [7, 11) is 0. The molecule has 0 atom stereocenters. The van der Waals surface area contributed by atoms with Gasteiger partial charge in [0.05, 0.1) is 11.1 Å². The van der Waals surface area contributed by atoms with E-state index in [0.29, 0.717) is 43.1 Å². The van der Waals surface area contributed by atoms with Gasteiger partial charge in [0.2, 0.25) is 10.9 Å². The molecule has 1 fully saturated rings. The van der Waals surface area contributed by atoms with Crippen molar-refractivity contribution < 1.29 is 13.2 Å². The predicted octanol–water partition coefficient (Wildman–Crippen LogP) is 3.60. The number of alkyl halides is 3. The van der Waals surface area contributed by atoms with Gasteiger partial charge in [0.25, 0.3) is 0 Å². The molecule has 1 heterocycles. The van der Waals surface area contributed by atoms with Gasteiger partial charge in [-0.05, 0) is 30.7 Å². The number of hydrogen-bond donors (Lipinski definition) is 0. The highest BCUT2D eigenvalue weighted by atomic mass is 19.4. The molecular weight excluding hydrogens is 381 g/mol. The Morgan fingerprint density at radius 3 is 2.07 bits per heavy atom. The first-order valence-electron chi connectivity index (χ1n) is 9.33. The van der Waals surface area contributed by atoms with Gasteiger partial charge < -0.3 is 9.80 Å². The Bertz CT molecular complexity index is 1100. The van der Waals surface area contributed by atoms with Crippen LogP contribution in [-0.4, -0.2) is 26.2 Å². The average molecular weight is 400 g/mol. The Hall–Kier alpha value is -3.09. The molecule has 0 amide bonds. The lowest BCUT2D eigenvalue weighted by Crippen LogP contribution is -2.51. The maximum atomic E-state index is 13.0. The first-order valence-corrected chi connectivity index (χ1v) is 9.33. The van der Waals surface area contributed by atoms with Gasteiger partial charge in [-0.2, -0.15) is 13.2 Å². The zero-order chi connectivity index (χ0) is 20.8. The number of benzene rings is 2. The zero-order valence-electron chi connectivity index (χ0n) is 15.8. The summed E-state index contributed by atoms with van der Waals surface area (Å²) < 4.78 is 38.9. The summed E-state index contributed by atoms with van der Waals surface area (Å²) in [4.78, 5) is 28.1. The first-order chi connectivity index (χ1) is 13.8. The lowest BCUT2D eigenvalue weighted by atomic mass is 9.96. The summed E-state index contributed by atoms with van der Waals surface area (Å²) in [6.45, 7) is 3.79. The van der Waals surface area contributed by atoms with Gasteiger partial charge in [-0.25, -0.2) is 0 Å². The van der Waals surface area contributed by atoms with E-state index >= 15 is 0 Å². The van der Waals surface area contributed by atoms with E-state index in [2.05, 4.69) is 0 Å². The van der Waals surface area contributed by atoms with Crippen molar-refractivity contribution in [2.45, 2.75) is 13.1 Å². The standard InChI is InChI=1S/C22H19F3N2O2/c1-14-5-7-15(8-6-14)18-19(21(29)20(18)28)27-11-9-26(10-12-27)17-4-2-3-16(13-17)22(23,24)25/h2-8,13H,9-12H2,1H3. The largest absolute Gasteiger partial charge is 0.416 e. The van der Waals surface area contributed by atoms with E-state index < -0.39 is 22.6 Å². The SMILES string of the molecule is Cc1ccc(-c2c(N3CCN(c4cccc(C(F)(F)F)c4)CC3)c(=O)c2=O)cc1. The van der Waals surface area contributed by atoms with Crippen molar-refractivity contribution in [3.8, 4) is 11.1 Å². The minimum absolute atomic E-state index is 0.419. The molecule has 0 aromatic heterocycles. The number of nitrogens with zero attached hydrogens (tertiary/aromatic N) is 2. The third-order valence-electron chi connectivity index (χ3n) is 5.36. The molecule has 0 N–H and O–H groups in total. The van der Waals surface area contributed by atoms with Crippen molar-refractivity contribution in [1.82, 2.24) is 0 Å². The number of piperazine rings is 1. The lowest BCUT2D eigenvalue weighted by Gasteiger charge is -2.38. The van der Waals surface area contributed by atoms with Crippen molar-refractivity contribution in [3.05, 3.63) is 80.1 Å². The monoisotopic (exact) mass is 400 g/mol. The molecule has 29 heavy (non-hydrogen) atoms. The van der Waals surface area contributed by atoms with E-state index in [9.17, 15) is 22.8 Å². The summed E-state index contributed by atoms with van der Waals surface area (Å²) >= 11 is 0. The molecule has 7 heteroatoms. The molecule has 0 bridgehead atoms. The van der Waals surface area contributed by atoms with Crippen LogP contribution in [0.1, 0.15) is 11.1 Å². The molecular formula is C22H19F3N2O2. The summed E-state index contributed by atoms with van der Waals surface area (Å²) in [5, 5.41) is 0. The fourth-order valence-corrected chi connectivity index (χ4v) is 3.74. The summed E-state index contributed by atoms with van der Waals surface area (Å²) in [5.74, 6) is 0. The van der Waals surface area contributed by atoms with Gasteiger partial charge in [-0.15, -0.1) is 0 Å².